The van der Waals surface area contributed by atoms with Crippen molar-refractivity contribution in [2.75, 3.05) is 6.61 Å². The SMILES string of the molecule is CC[C@H](C)[C@@H](OC(=O)/C=C/c1ccccc1)[C@@H](C)CO. The molecule has 0 aliphatic heterocycles. The molecule has 0 bridgehead atoms. The van der Waals surface area contributed by atoms with Crippen LogP contribution in [0.2, 0.25) is 0 Å². The molecule has 0 amide bonds. The summed E-state index contributed by atoms with van der Waals surface area (Å²) in [6, 6.07) is 9.61. The monoisotopic (exact) mass is 276 g/mol. The van der Waals surface area contributed by atoms with Gasteiger partial charge in [-0.2, -0.15) is 0 Å². The summed E-state index contributed by atoms with van der Waals surface area (Å²) in [7, 11) is 0. The van der Waals surface area contributed by atoms with Crippen LogP contribution in [0.5, 0.6) is 0 Å². The van der Waals surface area contributed by atoms with E-state index in [2.05, 4.69) is 6.92 Å². The molecule has 20 heavy (non-hydrogen) atoms. The number of esters is 1. The molecular formula is C17H24O3. The van der Waals surface area contributed by atoms with Crippen LogP contribution in [0.15, 0.2) is 36.4 Å². The summed E-state index contributed by atoms with van der Waals surface area (Å²) >= 11 is 0. The number of hydrogen-bond donors (Lipinski definition) is 1. The maximum Gasteiger partial charge on any atom is 0.331 e. The van der Waals surface area contributed by atoms with Crippen LogP contribution >= 0.6 is 0 Å². The molecule has 3 heteroatoms. The topological polar surface area (TPSA) is 46.5 Å². The molecule has 0 fully saturated rings. The lowest BCUT2D eigenvalue weighted by Crippen LogP contribution is -2.32. The molecule has 1 N–H and O–H groups in total. The largest absolute Gasteiger partial charge is 0.459 e. The van der Waals surface area contributed by atoms with Crippen molar-refractivity contribution >= 4 is 12.0 Å². The first-order chi connectivity index (χ1) is 9.58. The highest BCUT2D eigenvalue weighted by Crippen LogP contribution is 2.20. The third kappa shape index (κ3) is 5.17. The molecule has 110 valence electrons. The second-order valence-corrected chi connectivity index (χ2v) is 5.19. The van der Waals surface area contributed by atoms with E-state index >= 15 is 0 Å². The molecule has 0 aromatic heterocycles. The van der Waals surface area contributed by atoms with Gasteiger partial charge in [0.25, 0.3) is 0 Å². The van der Waals surface area contributed by atoms with Gasteiger partial charge in [-0.05, 0) is 17.6 Å². The van der Waals surface area contributed by atoms with Crippen LogP contribution in [0.4, 0.5) is 0 Å². The summed E-state index contributed by atoms with van der Waals surface area (Å²) in [6.45, 7) is 6.00. The van der Waals surface area contributed by atoms with E-state index in [-0.39, 0.29) is 30.5 Å². The van der Waals surface area contributed by atoms with Crippen LogP contribution < -0.4 is 0 Å². The highest BCUT2D eigenvalue weighted by molar-refractivity contribution is 5.87. The predicted octanol–water partition coefficient (Wildman–Crippen LogP) is 3.29. The number of aliphatic hydroxyl groups is 1. The van der Waals surface area contributed by atoms with E-state index in [4.69, 9.17) is 4.74 Å². The van der Waals surface area contributed by atoms with E-state index in [1.807, 2.05) is 44.2 Å². The first kappa shape index (κ1) is 16.4. The molecule has 1 aromatic carbocycles. The van der Waals surface area contributed by atoms with Crippen molar-refractivity contribution in [2.45, 2.75) is 33.3 Å². The number of rotatable bonds is 7. The van der Waals surface area contributed by atoms with E-state index in [9.17, 15) is 9.90 Å². The summed E-state index contributed by atoms with van der Waals surface area (Å²) in [5.74, 6) is -0.190. The van der Waals surface area contributed by atoms with Crippen molar-refractivity contribution in [1.82, 2.24) is 0 Å². The maximum atomic E-state index is 11.9. The number of aliphatic hydroxyl groups excluding tert-OH is 1. The number of benzene rings is 1. The van der Waals surface area contributed by atoms with E-state index in [1.54, 1.807) is 6.08 Å². The molecule has 3 nitrogen and oxygen atoms in total. The van der Waals surface area contributed by atoms with E-state index < -0.39 is 0 Å². The van der Waals surface area contributed by atoms with Crippen molar-refractivity contribution in [1.29, 1.82) is 0 Å². The minimum atomic E-state index is -0.362. The molecule has 0 aliphatic carbocycles. The summed E-state index contributed by atoms with van der Waals surface area (Å²) in [5.41, 5.74) is 0.958. The fourth-order valence-electron chi connectivity index (χ4n) is 2.03. The van der Waals surface area contributed by atoms with Gasteiger partial charge in [0.1, 0.15) is 6.10 Å². The zero-order chi connectivity index (χ0) is 15.0. The molecule has 3 atom stereocenters. The minimum Gasteiger partial charge on any atom is -0.459 e. The van der Waals surface area contributed by atoms with Crippen LogP contribution in [-0.4, -0.2) is 23.8 Å². The van der Waals surface area contributed by atoms with E-state index in [0.29, 0.717) is 0 Å². The number of ether oxygens (including phenoxy) is 1. The molecule has 0 aliphatic rings. The summed E-state index contributed by atoms with van der Waals surface area (Å²) in [5, 5.41) is 9.26. The fraction of sp³-hybridized carbons (Fsp3) is 0.471. The first-order valence-corrected chi connectivity index (χ1v) is 7.13. The minimum absolute atomic E-state index is 0.0185. The second-order valence-electron chi connectivity index (χ2n) is 5.19. The highest BCUT2D eigenvalue weighted by atomic mass is 16.5. The van der Waals surface area contributed by atoms with Crippen molar-refractivity contribution in [2.24, 2.45) is 11.8 Å². The van der Waals surface area contributed by atoms with E-state index in [1.165, 1.54) is 6.08 Å². The Hall–Kier alpha value is -1.61. The average molecular weight is 276 g/mol. The summed E-state index contributed by atoms with van der Waals surface area (Å²) < 4.78 is 5.49. The Balaban J connectivity index is 2.64. The molecule has 0 unspecified atom stereocenters. The highest BCUT2D eigenvalue weighted by Gasteiger charge is 2.25. The molecule has 1 aromatic rings. The Labute approximate surface area is 121 Å². The second kappa shape index (κ2) is 8.54. The predicted molar refractivity (Wildman–Crippen MR) is 81.1 cm³/mol. The van der Waals surface area contributed by atoms with Gasteiger partial charge in [-0.3, -0.25) is 0 Å². The Morgan fingerprint density at radius 1 is 1.25 bits per heavy atom. The lowest BCUT2D eigenvalue weighted by Gasteiger charge is -2.27. The molecule has 0 heterocycles. The molecule has 0 spiro atoms. The van der Waals surface area contributed by atoms with Gasteiger partial charge in [-0.15, -0.1) is 0 Å². The normalized spacial score (nSPS) is 15.8. The summed E-state index contributed by atoms with van der Waals surface area (Å²) in [6.07, 6.45) is 3.83. The Morgan fingerprint density at radius 2 is 1.90 bits per heavy atom. The smallest absolute Gasteiger partial charge is 0.331 e. The zero-order valence-electron chi connectivity index (χ0n) is 12.5. The van der Waals surface area contributed by atoms with Crippen LogP contribution in [0.25, 0.3) is 6.08 Å². The van der Waals surface area contributed by atoms with Gasteiger partial charge in [0.05, 0.1) is 0 Å². The number of carbonyl (C=O) groups excluding carboxylic acids is 1. The maximum absolute atomic E-state index is 11.9. The lowest BCUT2D eigenvalue weighted by atomic mass is 9.92. The average Bonchev–Trinajstić information content (AvgIpc) is 2.50. The van der Waals surface area contributed by atoms with Crippen molar-refractivity contribution < 1.29 is 14.6 Å². The van der Waals surface area contributed by atoms with Crippen molar-refractivity contribution in [3.05, 3.63) is 42.0 Å². The van der Waals surface area contributed by atoms with Gasteiger partial charge in [0, 0.05) is 18.6 Å². The van der Waals surface area contributed by atoms with Crippen LogP contribution in [-0.2, 0) is 9.53 Å². The molecular weight excluding hydrogens is 252 g/mol. The van der Waals surface area contributed by atoms with Crippen molar-refractivity contribution in [3.8, 4) is 0 Å². The van der Waals surface area contributed by atoms with Crippen LogP contribution in [0.3, 0.4) is 0 Å². The van der Waals surface area contributed by atoms with Crippen LogP contribution in [0, 0.1) is 11.8 Å². The van der Waals surface area contributed by atoms with Gasteiger partial charge in [-0.25, -0.2) is 4.79 Å². The fourth-order valence-corrected chi connectivity index (χ4v) is 2.03. The standard InChI is InChI=1S/C17H24O3/c1-4-13(2)17(14(3)12-18)20-16(19)11-10-15-8-6-5-7-9-15/h5-11,13-14,17-18H,4,12H2,1-3H3/b11-10+/t13-,14-,17+/m0/s1. The lowest BCUT2D eigenvalue weighted by molar-refractivity contribution is -0.149. The Bertz CT molecular complexity index is 415. The summed E-state index contributed by atoms with van der Waals surface area (Å²) in [4.78, 5) is 11.9. The van der Waals surface area contributed by atoms with Crippen molar-refractivity contribution in [3.63, 3.8) is 0 Å². The van der Waals surface area contributed by atoms with Gasteiger partial charge in [-0.1, -0.05) is 57.5 Å². The quantitative estimate of drug-likeness (QED) is 0.614. The zero-order valence-corrected chi connectivity index (χ0v) is 12.5. The third-order valence-electron chi connectivity index (χ3n) is 3.52. The molecule has 0 saturated carbocycles. The van der Waals surface area contributed by atoms with E-state index in [0.717, 1.165) is 12.0 Å². The molecule has 1 rings (SSSR count). The molecule has 0 saturated heterocycles. The first-order valence-electron chi connectivity index (χ1n) is 7.13. The third-order valence-corrected chi connectivity index (χ3v) is 3.52. The van der Waals surface area contributed by atoms with Gasteiger partial charge >= 0.3 is 5.97 Å². The number of hydrogen-bond acceptors (Lipinski definition) is 3. The number of carbonyl (C=O) groups is 1. The Morgan fingerprint density at radius 3 is 2.45 bits per heavy atom. The van der Waals surface area contributed by atoms with Gasteiger partial charge in [0.15, 0.2) is 0 Å². The van der Waals surface area contributed by atoms with Crippen LogP contribution in [0.1, 0.15) is 32.8 Å². The Kier molecular flexibility index (Phi) is 7.02. The van der Waals surface area contributed by atoms with Gasteiger partial charge < -0.3 is 9.84 Å². The molecule has 0 radical (unpaired) electrons. The van der Waals surface area contributed by atoms with Gasteiger partial charge in [0.2, 0.25) is 0 Å².